The molecule has 1 N–H and O–H groups in total. The van der Waals surface area contributed by atoms with E-state index in [1.807, 2.05) is 10.8 Å². The van der Waals surface area contributed by atoms with Gasteiger partial charge in [0.2, 0.25) is 5.91 Å². The van der Waals surface area contributed by atoms with Crippen molar-refractivity contribution in [3.05, 3.63) is 137 Å². The van der Waals surface area contributed by atoms with Crippen LogP contribution in [0, 0.1) is 23.7 Å². The monoisotopic (exact) mass is 758 g/mol. The Morgan fingerprint density at radius 2 is 1.56 bits per heavy atom. The molecule has 0 bridgehead atoms. The lowest BCUT2D eigenvalue weighted by Crippen LogP contribution is -2.28. The number of nitriles is 1. The van der Waals surface area contributed by atoms with Gasteiger partial charge in [-0.2, -0.15) is 5.26 Å². The van der Waals surface area contributed by atoms with Gasteiger partial charge in [-0.15, -0.1) is 0 Å². The van der Waals surface area contributed by atoms with Gasteiger partial charge in [0, 0.05) is 50.7 Å². The maximum Gasteiger partial charge on any atom is 0.268 e. The molecular weight excluding hydrogens is 737 g/mol. The van der Waals surface area contributed by atoms with Crippen LogP contribution in [-0.4, -0.2) is 26.7 Å². The quantitative estimate of drug-likeness (QED) is 0.154. The molecule has 0 fully saturated rings. The number of hydrogen-bond donors (Lipinski definition) is 1. The van der Waals surface area contributed by atoms with E-state index in [2.05, 4.69) is 4.85 Å². The number of aromatic nitrogens is 1. The summed E-state index contributed by atoms with van der Waals surface area (Å²) in [6.45, 7) is 8.93. The lowest BCUT2D eigenvalue weighted by Gasteiger charge is -2.16. The van der Waals surface area contributed by atoms with Gasteiger partial charge in [0.15, 0.2) is 5.69 Å². The topological polar surface area (TPSA) is 130 Å². The molecule has 9 nitrogen and oxygen atoms in total. The van der Waals surface area contributed by atoms with Crippen LogP contribution < -0.4 is 4.72 Å². The number of rotatable bonds is 8. The molecule has 0 aliphatic rings. The molecular formula is C37H22ClF3N4O5S2. The van der Waals surface area contributed by atoms with Crippen LogP contribution >= 0.6 is 11.6 Å². The second-order valence-corrected chi connectivity index (χ2v) is 15.2. The number of amides is 1. The van der Waals surface area contributed by atoms with Gasteiger partial charge in [-0.05, 0) is 60.2 Å². The summed E-state index contributed by atoms with van der Waals surface area (Å²) < 4.78 is 99.2. The van der Waals surface area contributed by atoms with Crippen LogP contribution in [0.4, 0.5) is 18.9 Å². The molecule has 0 atom stereocenters. The number of nitrogens with one attached hydrogen (secondary N) is 1. The second-order valence-electron chi connectivity index (χ2n) is 11.3. The van der Waals surface area contributed by atoms with E-state index in [0.717, 1.165) is 53.4 Å². The number of halogens is 4. The highest BCUT2D eigenvalue weighted by Gasteiger charge is 2.31. The molecule has 0 saturated carbocycles. The van der Waals surface area contributed by atoms with Crippen molar-refractivity contribution in [1.29, 1.82) is 5.26 Å². The zero-order valence-electron chi connectivity index (χ0n) is 26.6. The summed E-state index contributed by atoms with van der Waals surface area (Å²) in [5.74, 6) is -1.55. The van der Waals surface area contributed by atoms with Gasteiger partial charge in [0.25, 0.3) is 26.5 Å². The first-order chi connectivity index (χ1) is 24.7. The Hall–Kier alpha value is -5.93. The summed E-state index contributed by atoms with van der Waals surface area (Å²) in [5, 5.41) is 10.2. The third-order valence-electron chi connectivity index (χ3n) is 8.07. The molecule has 1 aromatic heterocycles. The van der Waals surface area contributed by atoms with Crippen molar-refractivity contribution in [2.75, 3.05) is 0 Å². The highest BCUT2D eigenvalue weighted by molar-refractivity contribution is 7.90. The minimum absolute atomic E-state index is 0.00749. The molecule has 0 saturated heterocycles. The molecule has 0 radical (unpaired) electrons. The molecule has 1 amide bonds. The van der Waals surface area contributed by atoms with Gasteiger partial charge in [0.05, 0.1) is 33.6 Å². The van der Waals surface area contributed by atoms with Crippen molar-refractivity contribution in [3.63, 3.8) is 0 Å². The number of fused-ring (bicyclic) bond motifs is 1. The summed E-state index contributed by atoms with van der Waals surface area (Å²) in [7, 11) is -8.91. The second kappa shape index (κ2) is 13.7. The highest BCUT2D eigenvalue weighted by Crippen LogP contribution is 2.48. The van der Waals surface area contributed by atoms with Crippen LogP contribution in [0.5, 0.6) is 0 Å². The van der Waals surface area contributed by atoms with E-state index in [1.54, 1.807) is 18.2 Å². The average Bonchev–Trinajstić information content (AvgIpc) is 3.45. The number of carbonyl (C=O) groups excluding carboxylic acids is 1. The fourth-order valence-electron chi connectivity index (χ4n) is 5.86. The zero-order chi connectivity index (χ0) is 37.5. The molecule has 5 aromatic carbocycles. The minimum atomic E-state index is -4.68. The normalized spacial score (nSPS) is 11.7. The molecule has 0 unspecified atom stereocenters. The van der Waals surface area contributed by atoms with Crippen LogP contribution in [0.15, 0.2) is 113 Å². The summed E-state index contributed by atoms with van der Waals surface area (Å²) in [6, 6.07) is 23.7. The fraction of sp³-hybridized carbons (Fsp3) is 0.0541. The van der Waals surface area contributed by atoms with Crippen LogP contribution in [0.25, 0.3) is 49.3 Å². The number of hydrogen-bond acceptors (Lipinski definition) is 6. The fourth-order valence-corrected chi connectivity index (χ4v) is 8.78. The molecule has 1 heterocycles. The van der Waals surface area contributed by atoms with Crippen LogP contribution in [0.2, 0.25) is 5.02 Å². The first-order valence-electron chi connectivity index (χ1n) is 15.0. The van der Waals surface area contributed by atoms with Crippen LogP contribution in [0.1, 0.15) is 24.5 Å². The Morgan fingerprint density at radius 1 is 0.885 bits per heavy atom. The molecule has 0 aliphatic carbocycles. The van der Waals surface area contributed by atoms with Gasteiger partial charge in [-0.1, -0.05) is 60.1 Å². The Labute approximate surface area is 301 Å². The number of benzene rings is 5. The first kappa shape index (κ1) is 35.9. The van der Waals surface area contributed by atoms with Gasteiger partial charge < -0.3 is 0 Å². The number of sulfonamides is 1. The molecule has 260 valence electrons. The first-order valence-corrected chi connectivity index (χ1v) is 18.3. The molecule has 6 aromatic rings. The maximum atomic E-state index is 15.1. The minimum Gasteiger partial charge on any atom is -0.274 e. The van der Waals surface area contributed by atoms with Gasteiger partial charge in [0.1, 0.15) is 5.82 Å². The summed E-state index contributed by atoms with van der Waals surface area (Å²) in [4.78, 5) is 14.4. The predicted octanol–water partition coefficient (Wildman–Crippen LogP) is 8.86. The van der Waals surface area contributed by atoms with E-state index in [9.17, 15) is 35.7 Å². The molecule has 15 heteroatoms. The van der Waals surface area contributed by atoms with Crippen molar-refractivity contribution in [3.8, 4) is 39.6 Å². The largest absolute Gasteiger partial charge is 0.274 e. The SMILES string of the molecule is [C-]#[N+]c1cccc(C#N)c1-c1c(-c2cccc(-c3ccc(S(=O)(=O)NC(C)=O)cc3Cl)c2)n(S(=O)(=O)c2ccc(C(F)F)cc2)c2ccc(F)cc12. The van der Waals surface area contributed by atoms with E-state index in [1.165, 1.54) is 42.5 Å². The maximum absolute atomic E-state index is 15.1. The summed E-state index contributed by atoms with van der Waals surface area (Å²) in [5.41, 5.74) is 0.357. The molecule has 52 heavy (non-hydrogen) atoms. The lowest BCUT2D eigenvalue weighted by atomic mass is 9.92. The van der Waals surface area contributed by atoms with Gasteiger partial charge in [-0.25, -0.2) is 43.5 Å². The Balaban J connectivity index is 1.70. The number of carbonyl (C=O) groups is 1. The van der Waals surface area contributed by atoms with Crippen molar-refractivity contribution in [2.45, 2.75) is 23.1 Å². The van der Waals surface area contributed by atoms with Crippen molar-refractivity contribution in [1.82, 2.24) is 8.69 Å². The van der Waals surface area contributed by atoms with Crippen molar-refractivity contribution in [2.24, 2.45) is 0 Å². The molecule has 6 rings (SSSR count). The lowest BCUT2D eigenvalue weighted by molar-refractivity contribution is -0.117. The van der Waals surface area contributed by atoms with Crippen molar-refractivity contribution < 1.29 is 34.8 Å². The standard InChI is InChI=1S/C37H22ClF3N4O5S2/c1-21(46)44-51(47,48)28-14-15-29(31(38)19-28)23-5-3-6-24(17-23)36-35(34-25(20-42)7-4-8-32(34)43-2)30-18-26(39)11-16-33(30)45(36)52(49,50)27-12-9-22(10-13-27)37(40)41/h3-19,37H,1H3,(H,44,46). The highest BCUT2D eigenvalue weighted by atomic mass is 35.5. The van der Waals surface area contributed by atoms with Gasteiger partial charge in [-0.3, -0.25) is 4.79 Å². The Kier molecular flexibility index (Phi) is 9.42. The van der Waals surface area contributed by atoms with Crippen molar-refractivity contribution >= 4 is 54.1 Å². The van der Waals surface area contributed by atoms with Gasteiger partial charge >= 0.3 is 0 Å². The summed E-state index contributed by atoms with van der Waals surface area (Å²) in [6.07, 6.45) is -2.86. The number of alkyl halides is 2. The molecule has 0 aliphatic heterocycles. The summed E-state index contributed by atoms with van der Waals surface area (Å²) >= 11 is 6.57. The smallest absolute Gasteiger partial charge is 0.268 e. The van der Waals surface area contributed by atoms with Crippen LogP contribution in [0.3, 0.4) is 0 Å². The van der Waals surface area contributed by atoms with E-state index in [-0.39, 0.29) is 59.4 Å². The van der Waals surface area contributed by atoms with E-state index >= 15 is 4.39 Å². The zero-order valence-corrected chi connectivity index (χ0v) is 29.0. The Morgan fingerprint density at radius 3 is 2.19 bits per heavy atom. The molecule has 0 spiro atoms. The van der Waals surface area contributed by atoms with Crippen LogP contribution in [-0.2, 0) is 24.8 Å². The van der Waals surface area contributed by atoms with E-state index in [4.69, 9.17) is 18.2 Å². The Bertz CT molecular complexity index is 2720. The third kappa shape index (κ3) is 6.39. The number of nitrogens with zero attached hydrogens (tertiary/aromatic N) is 3. The third-order valence-corrected chi connectivity index (χ3v) is 11.5. The van der Waals surface area contributed by atoms with E-state index in [0.29, 0.717) is 11.1 Å². The van der Waals surface area contributed by atoms with E-state index < -0.39 is 43.8 Å². The predicted molar refractivity (Wildman–Crippen MR) is 189 cm³/mol. The average molecular weight is 759 g/mol.